The van der Waals surface area contributed by atoms with Crippen LogP contribution in [0.4, 0.5) is 4.39 Å². The van der Waals surface area contributed by atoms with Crippen LogP contribution in [-0.4, -0.2) is 23.1 Å². The van der Waals surface area contributed by atoms with Gasteiger partial charge >= 0.3 is 5.97 Å². The van der Waals surface area contributed by atoms with Gasteiger partial charge in [0, 0.05) is 22.8 Å². The molecule has 0 bridgehead atoms. The number of hydrogen-bond donors (Lipinski definition) is 0. The summed E-state index contributed by atoms with van der Waals surface area (Å²) in [5.74, 6) is -1.85. The summed E-state index contributed by atoms with van der Waals surface area (Å²) in [5.41, 5.74) is 1.52. The molecule has 6 rings (SSSR count). The van der Waals surface area contributed by atoms with E-state index in [0.717, 1.165) is 11.3 Å². The van der Waals surface area contributed by atoms with Gasteiger partial charge in [0.1, 0.15) is 17.3 Å². The van der Waals surface area contributed by atoms with E-state index in [1.807, 2.05) is 30.3 Å². The topological polar surface area (TPSA) is 114 Å². The van der Waals surface area contributed by atoms with Gasteiger partial charge in [-0.1, -0.05) is 78.1 Å². The second-order valence-electron chi connectivity index (χ2n) is 9.52. The van der Waals surface area contributed by atoms with Gasteiger partial charge < -0.3 is 19.1 Å². The number of nitrogens with zero attached hydrogens (tertiary/aromatic N) is 2. The quantitative estimate of drug-likeness (QED) is 0.266. The number of benzene rings is 3. The van der Waals surface area contributed by atoms with Gasteiger partial charge in [-0.25, -0.2) is 14.2 Å². The smallest absolute Gasteiger partial charge is 0.338 e. The standard InChI is InChI=1S/C33H23FN2O6S/c1-2-41-32(40)27-28(19-8-4-3-5-9-19)35-33-36(29(27)20-12-14-21(34)15-13-20)30(37)26(43-33)18-22-16-17-25(42-22)23-10-6-7-11-24(23)31(38)39/h3-18,29H,2H2,1H3,(H,38,39)/p-1/b26-18-/t29-/m1/s1. The van der Waals surface area contributed by atoms with Crippen LogP contribution in [0.1, 0.15) is 40.2 Å². The number of thiazole rings is 1. The number of aromatic nitrogens is 1. The minimum absolute atomic E-state index is 0.0259. The van der Waals surface area contributed by atoms with Crippen molar-refractivity contribution in [3.8, 4) is 11.3 Å². The van der Waals surface area contributed by atoms with Gasteiger partial charge in [-0.05, 0) is 36.8 Å². The predicted molar refractivity (Wildman–Crippen MR) is 156 cm³/mol. The van der Waals surface area contributed by atoms with Crippen LogP contribution in [-0.2, 0) is 9.53 Å². The molecule has 1 aliphatic rings. The van der Waals surface area contributed by atoms with Gasteiger partial charge in [0.25, 0.3) is 5.56 Å². The number of carbonyl (C=O) groups excluding carboxylic acids is 2. The highest BCUT2D eigenvalue weighted by atomic mass is 32.1. The molecule has 0 radical (unpaired) electrons. The highest BCUT2D eigenvalue weighted by Crippen LogP contribution is 2.35. The molecule has 3 aromatic carbocycles. The molecule has 1 atom stereocenters. The van der Waals surface area contributed by atoms with Crippen LogP contribution in [0.25, 0.3) is 23.1 Å². The zero-order chi connectivity index (χ0) is 30.1. The van der Waals surface area contributed by atoms with Crippen LogP contribution >= 0.6 is 11.3 Å². The first kappa shape index (κ1) is 27.8. The van der Waals surface area contributed by atoms with E-state index in [0.29, 0.717) is 38.7 Å². The lowest BCUT2D eigenvalue weighted by Gasteiger charge is -2.25. The number of fused-ring (bicyclic) bond motifs is 1. The third-order valence-electron chi connectivity index (χ3n) is 6.87. The van der Waals surface area contributed by atoms with Crippen LogP contribution in [0.5, 0.6) is 0 Å². The molecular weight excluding hydrogens is 571 g/mol. The Balaban J connectivity index is 1.55. The second kappa shape index (κ2) is 11.5. The minimum Gasteiger partial charge on any atom is -0.545 e. The molecule has 214 valence electrons. The Morgan fingerprint density at radius 3 is 2.47 bits per heavy atom. The first-order valence-electron chi connectivity index (χ1n) is 13.3. The van der Waals surface area contributed by atoms with Crippen molar-refractivity contribution in [3.05, 3.63) is 145 Å². The van der Waals surface area contributed by atoms with Gasteiger partial charge in [0.2, 0.25) is 0 Å². The number of carbonyl (C=O) groups is 2. The fourth-order valence-corrected chi connectivity index (χ4v) is 5.96. The molecule has 5 aromatic rings. The number of ether oxygens (including phenoxy) is 1. The summed E-state index contributed by atoms with van der Waals surface area (Å²) in [7, 11) is 0. The number of aromatic carboxylic acids is 1. The monoisotopic (exact) mass is 593 g/mol. The summed E-state index contributed by atoms with van der Waals surface area (Å²) in [4.78, 5) is 44.1. The van der Waals surface area contributed by atoms with E-state index in [1.165, 1.54) is 41.0 Å². The van der Waals surface area contributed by atoms with Gasteiger partial charge in [0.05, 0.1) is 34.4 Å². The summed E-state index contributed by atoms with van der Waals surface area (Å²) < 4.78 is 26.9. The molecule has 0 aliphatic carbocycles. The molecule has 0 spiro atoms. The molecule has 2 aromatic heterocycles. The zero-order valence-corrected chi connectivity index (χ0v) is 23.5. The molecule has 0 unspecified atom stereocenters. The number of hydrogen-bond acceptors (Lipinski definition) is 8. The normalized spacial score (nSPS) is 14.7. The molecule has 0 saturated heterocycles. The van der Waals surface area contributed by atoms with Crippen LogP contribution in [0, 0.1) is 5.82 Å². The average Bonchev–Trinajstić information content (AvgIpc) is 3.61. The minimum atomic E-state index is -1.34. The fraction of sp³-hybridized carbons (Fsp3) is 0.0909. The van der Waals surface area contributed by atoms with Crippen molar-refractivity contribution in [2.75, 3.05) is 6.61 Å². The fourth-order valence-electron chi connectivity index (χ4n) is 4.98. The maximum absolute atomic E-state index is 14.0. The van der Waals surface area contributed by atoms with Crippen molar-refractivity contribution >= 4 is 35.0 Å². The molecule has 3 heterocycles. The lowest BCUT2D eigenvalue weighted by atomic mass is 9.93. The Hall–Kier alpha value is -5.35. The largest absolute Gasteiger partial charge is 0.545 e. The lowest BCUT2D eigenvalue weighted by molar-refractivity contribution is -0.255. The maximum atomic E-state index is 14.0. The molecule has 43 heavy (non-hydrogen) atoms. The Kier molecular flexibility index (Phi) is 7.43. The molecule has 0 amide bonds. The Labute approximate surface area is 248 Å². The molecule has 8 nitrogen and oxygen atoms in total. The van der Waals surface area contributed by atoms with Gasteiger partial charge in [-0.2, -0.15) is 0 Å². The van der Waals surface area contributed by atoms with Crippen molar-refractivity contribution < 1.29 is 28.2 Å². The Bertz CT molecular complexity index is 2070. The summed E-state index contributed by atoms with van der Waals surface area (Å²) >= 11 is 1.10. The number of carboxylic acids is 1. The zero-order valence-electron chi connectivity index (χ0n) is 22.7. The Morgan fingerprint density at radius 2 is 1.74 bits per heavy atom. The third-order valence-corrected chi connectivity index (χ3v) is 7.85. The average molecular weight is 594 g/mol. The molecule has 0 saturated carbocycles. The van der Waals surface area contributed by atoms with Crippen LogP contribution in [0.3, 0.4) is 0 Å². The molecule has 10 heteroatoms. The van der Waals surface area contributed by atoms with Crippen LogP contribution < -0.4 is 20.0 Å². The highest BCUT2D eigenvalue weighted by Gasteiger charge is 2.35. The van der Waals surface area contributed by atoms with Crippen molar-refractivity contribution in [1.82, 2.24) is 4.57 Å². The Morgan fingerprint density at radius 1 is 1.02 bits per heavy atom. The van der Waals surface area contributed by atoms with E-state index < -0.39 is 29.4 Å². The van der Waals surface area contributed by atoms with E-state index in [4.69, 9.17) is 14.1 Å². The van der Waals surface area contributed by atoms with Crippen molar-refractivity contribution in [2.24, 2.45) is 4.99 Å². The number of carboxylic acid groups (broad SMARTS) is 1. The molecule has 1 aliphatic heterocycles. The van der Waals surface area contributed by atoms with Gasteiger partial charge in [-0.3, -0.25) is 9.36 Å². The van der Waals surface area contributed by atoms with E-state index >= 15 is 0 Å². The summed E-state index contributed by atoms with van der Waals surface area (Å²) in [6, 6.07) is 23.3. The van der Waals surface area contributed by atoms with Crippen LogP contribution in [0.15, 0.2) is 111 Å². The molecule has 0 N–H and O–H groups in total. The summed E-state index contributed by atoms with van der Waals surface area (Å²) in [5, 5.41) is 11.6. The first-order chi connectivity index (χ1) is 20.9. The van der Waals surface area contributed by atoms with E-state index in [-0.39, 0.29) is 22.3 Å². The third kappa shape index (κ3) is 5.24. The van der Waals surface area contributed by atoms with Crippen LogP contribution in [0.2, 0.25) is 0 Å². The summed E-state index contributed by atoms with van der Waals surface area (Å²) in [6.45, 7) is 1.79. The maximum Gasteiger partial charge on any atom is 0.338 e. The first-order valence-corrected chi connectivity index (χ1v) is 14.1. The number of furan rings is 1. The van der Waals surface area contributed by atoms with Crippen molar-refractivity contribution in [2.45, 2.75) is 13.0 Å². The highest BCUT2D eigenvalue weighted by molar-refractivity contribution is 7.07. The summed E-state index contributed by atoms with van der Waals surface area (Å²) in [6.07, 6.45) is 1.53. The van der Waals surface area contributed by atoms with E-state index in [9.17, 15) is 23.9 Å². The predicted octanol–water partition coefficient (Wildman–Crippen LogP) is 3.70. The van der Waals surface area contributed by atoms with E-state index in [1.54, 1.807) is 37.3 Å². The van der Waals surface area contributed by atoms with Gasteiger partial charge in [0.15, 0.2) is 4.80 Å². The van der Waals surface area contributed by atoms with E-state index in [2.05, 4.69) is 0 Å². The molecular formula is C33H22FN2O6S-. The number of esters is 1. The number of rotatable bonds is 7. The second-order valence-corrected chi connectivity index (χ2v) is 10.5. The lowest BCUT2D eigenvalue weighted by Crippen LogP contribution is -2.40. The van der Waals surface area contributed by atoms with Crippen molar-refractivity contribution in [1.29, 1.82) is 0 Å². The SMILES string of the molecule is CCOC(=O)C1=C(c2ccccc2)N=c2s/c(=C\c3ccc(-c4ccccc4C(=O)[O-])o3)c(=O)n2[C@@H]1c1ccc(F)cc1. The number of halogens is 1. The molecule has 0 fully saturated rings. The van der Waals surface area contributed by atoms with Crippen molar-refractivity contribution in [3.63, 3.8) is 0 Å². The van der Waals surface area contributed by atoms with Gasteiger partial charge in [-0.15, -0.1) is 0 Å².